The number of ether oxygens (including phenoxy) is 1. The highest BCUT2D eigenvalue weighted by atomic mass is 16.5. The van der Waals surface area contributed by atoms with Crippen molar-refractivity contribution in [3.05, 3.63) is 60.3 Å². The Hall–Kier alpha value is -2.42. The number of nitrogens with zero attached hydrogens (tertiary/aromatic N) is 1. The van der Waals surface area contributed by atoms with E-state index >= 15 is 0 Å². The van der Waals surface area contributed by atoms with E-state index in [1.54, 1.807) is 18.2 Å². The summed E-state index contributed by atoms with van der Waals surface area (Å²) in [5, 5.41) is 10.6. The first-order chi connectivity index (χ1) is 9.24. The van der Waals surface area contributed by atoms with Crippen LogP contribution in [0.1, 0.15) is 5.69 Å². The molecule has 96 valence electrons. The van der Waals surface area contributed by atoms with Crippen molar-refractivity contribution in [2.75, 3.05) is 0 Å². The molecule has 0 radical (unpaired) electrons. The molecule has 0 atom stereocenters. The van der Waals surface area contributed by atoms with Gasteiger partial charge in [-0.15, -0.1) is 0 Å². The van der Waals surface area contributed by atoms with Crippen molar-refractivity contribution in [2.45, 2.75) is 6.61 Å². The van der Waals surface area contributed by atoms with E-state index in [2.05, 4.69) is 22.8 Å². The molecule has 1 aromatic heterocycles. The largest absolute Gasteiger partial charge is 0.508 e. The Kier molecular flexibility index (Phi) is 2.88. The van der Waals surface area contributed by atoms with Crippen LogP contribution in [0.5, 0.6) is 11.5 Å². The standard InChI is InChI=1S/C16H15NO2/c1-17-13(9-12-5-2-3-8-16(12)17)11-19-15-7-4-6-14(18)10-15/h2-10,18H,11H2,1H3. The normalized spacial score (nSPS) is 10.8. The van der Waals surface area contributed by atoms with Crippen molar-refractivity contribution in [1.29, 1.82) is 0 Å². The molecule has 0 saturated heterocycles. The number of fused-ring (bicyclic) bond motifs is 1. The van der Waals surface area contributed by atoms with E-state index < -0.39 is 0 Å². The molecule has 0 bridgehead atoms. The van der Waals surface area contributed by atoms with E-state index in [1.807, 2.05) is 25.2 Å². The molecule has 3 nitrogen and oxygen atoms in total. The lowest BCUT2D eigenvalue weighted by atomic mass is 10.2. The number of aryl methyl sites for hydroxylation is 1. The van der Waals surface area contributed by atoms with Gasteiger partial charge in [0.25, 0.3) is 0 Å². The van der Waals surface area contributed by atoms with Crippen LogP contribution in [0.25, 0.3) is 10.9 Å². The van der Waals surface area contributed by atoms with Gasteiger partial charge in [-0.25, -0.2) is 0 Å². The van der Waals surface area contributed by atoms with Gasteiger partial charge in [-0.1, -0.05) is 24.3 Å². The van der Waals surface area contributed by atoms with Gasteiger partial charge in [0.15, 0.2) is 0 Å². The summed E-state index contributed by atoms with van der Waals surface area (Å²) in [6.07, 6.45) is 0. The second-order valence-corrected chi connectivity index (χ2v) is 4.54. The molecule has 3 rings (SSSR count). The van der Waals surface area contributed by atoms with E-state index in [9.17, 15) is 5.11 Å². The number of para-hydroxylation sites is 1. The fraction of sp³-hybridized carbons (Fsp3) is 0.125. The Labute approximate surface area is 111 Å². The highest BCUT2D eigenvalue weighted by molar-refractivity contribution is 5.81. The fourth-order valence-corrected chi connectivity index (χ4v) is 2.22. The third-order valence-electron chi connectivity index (χ3n) is 3.26. The summed E-state index contributed by atoms with van der Waals surface area (Å²) in [6.45, 7) is 0.481. The number of aromatic hydroxyl groups is 1. The Bertz CT molecular complexity index is 716. The Morgan fingerprint density at radius 3 is 2.68 bits per heavy atom. The first-order valence-electron chi connectivity index (χ1n) is 6.19. The van der Waals surface area contributed by atoms with E-state index in [1.165, 1.54) is 10.9 Å². The lowest BCUT2D eigenvalue weighted by Gasteiger charge is -2.07. The quantitative estimate of drug-likeness (QED) is 0.775. The summed E-state index contributed by atoms with van der Waals surface area (Å²) < 4.78 is 7.83. The van der Waals surface area contributed by atoms with E-state index in [-0.39, 0.29) is 5.75 Å². The fourth-order valence-electron chi connectivity index (χ4n) is 2.22. The zero-order valence-corrected chi connectivity index (χ0v) is 10.7. The number of hydrogen-bond acceptors (Lipinski definition) is 2. The van der Waals surface area contributed by atoms with Gasteiger partial charge in [0.1, 0.15) is 18.1 Å². The number of rotatable bonds is 3. The predicted octanol–water partition coefficient (Wildman–Crippen LogP) is 3.46. The van der Waals surface area contributed by atoms with Crippen LogP contribution in [-0.4, -0.2) is 9.67 Å². The zero-order chi connectivity index (χ0) is 13.2. The van der Waals surface area contributed by atoms with Crippen molar-refractivity contribution in [1.82, 2.24) is 4.57 Å². The van der Waals surface area contributed by atoms with Crippen LogP contribution in [0.2, 0.25) is 0 Å². The van der Waals surface area contributed by atoms with Gasteiger partial charge < -0.3 is 14.4 Å². The zero-order valence-electron chi connectivity index (χ0n) is 10.7. The monoisotopic (exact) mass is 253 g/mol. The van der Waals surface area contributed by atoms with Crippen LogP contribution >= 0.6 is 0 Å². The summed E-state index contributed by atoms with van der Waals surface area (Å²) in [5.41, 5.74) is 2.29. The molecule has 0 aliphatic carbocycles. The summed E-state index contributed by atoms with van der Waals surface area (Å²) in [5.74, 6) is 0.889. The van der Waals surface area contributed by atoms with Crippen LogP contribution in [0.4, 0.5) is 0 Å². The molecule has 1 heterocycles. The molecule has 0 aliphatic heterocycles. The Morgan fingerprint density at radius 1 is 1.05 bits per heavy atom. The maximum atomic E-state index is 9.39. The Morgan fingerprint density at radius 2 is 1.89 bits per heavy atom. The number of phenols is 1. The molecule has 3 heteroatoms. The highest BCUT2D eigenvalue weighted by Crippen LogP contribution is 2.22. The van der Waals surface area contributed by atoms with E-state index in [4.69, 9.17) is 4.74 Å². The summed E-state index contributed by atoms with van der Waals surface area (Å²) in [6, 6.07) is 17.2. The second-order valence-electron chi connectivity index (χ2n) is 4.54. The Balaban J connectivity index is 1.84. The number of phenolic OH excluding ortho intramolecular Hbond substituents is 1. The van der Waals surface area contributed by atoms with Crippen molar-refractivity contribution < 1.29 is 9.84 Å². The van der Waals surface area contributed by atoms with Crippen LogP contribution in [0, 0.1) is 0 Å². The maximum Gasteiger partial charge on any atom is 0.128 e. The molecule has 19 heavy (non-hydrogen) atoms. The summed E-state index contributed by atoms with van der Waals surface area (Å²) >= 11 is 0. The van der Waals surface area contributed by atoms with Crippen LogP contribution in [-0.2, 0) is 13.7 Å². The number of benzene rings is 2. The van der Waals surface area contributed by atoms with Crippen molar-refractivity contribution in [3.8, 4) is 11.5 Å². The first-order valence-corrected chi connectivity index (χ1v) is 6.19. The molecule has 3 aromatic rings. The minimum atomic E-state index is 0.217. The van der Waals surface area contributed by atoms with Crippen LogP contribution in [0.15, 0.2) is 54.6 Å². The lowest BCUT2D eigenvalue weighted by Crippen LogP contribution is -2.01. The molecule has 0 aliphatic rings. The van der Waals surface area contributed by atoms with Gasteiger partial charge in [-0.2, -0.15) is 0 Å². The molecule has 0 saturated carbocycles. The van der Waals surface area contributed by atoms with Crippen molar-refractivity contribution >= 4 is 10.9 Å². The van der Waals surface area contributed by atoms with Gasteiger partial charge in [0.2, 0.25) is 0 Å². The van der Waals surface area contributed by atoms with Gasteiger partial charge >= 0.3 is 0 Å². The lowest BCUT2D eigenvalue weighted by molar-refractivity contribution is 0.296. The minimum absolute atomic E-state index is 0.217. The average molecular weight is 253 g/mol. The minimum Gasteiger partial charge on any atom is -0.508 e. The SMILES string of the molecule is Cn1c(COc2cccc(O)c2)cc2ccccc21. The van der Waals surface area contributed by atoms with Crippen molar-refractivity contribution in [2.24, 2.45) is 7.05 Å². The van der Waals surface area contributed by atoms with Crippen LogP contribution < -0.4 is 4.74 Å². The second kappa shape index (κ2) is 4.69. The summed E-state index contributed by atoms with van der Waals surface area (Å²) in [7, 11) is 2.03. The van der Waals surface area contributed by atoms with E-state index in [0.717, 1.165) is 5.69 Å². The topological polar surface area (TPSA) is 34.4 Å². The smallest absolute Gasteiger partial charge is 0.128 e. The molecule has 0 fully saturated rings. The molecular formula is C16H15NO2. The summed E-state index contributed by atoms with van der Waals surface area (Å²) in [4.78, 5) is 0. The van der Waals surface area contributed by atoms with Gasteiger partial charge in [0, 0.05) is 18.6 Å². The number of aromatic nitrogens is 1. The average Bonchev–Trinajstić information content (AvgIpc) is 2.74. The molecule has 1 N–H and O–H groups in total. The highest BCUT2D eigenvalue weighted by Gasteiger charge is 2.05. The van der Waals surface area contributed by atoms with Gasteiger partial charge in [0.05, 0.1) is 5.69 Å². The molecule has 0 unspecified atom stereocenters. The maximum absolute atomic E-state index is 9.39. The molecular weight excluding hydrogens is 238 g/mol. The third kappa shape index (κ3) is 2.27. The molecule has 2 aromatic carbocycles. The molecule has 0 amide bonds. The van der Waals surface area contributed by atoms with Gasteiger partial charge in [-0.3, -0.25) is 0 Å². The van der Waals surface area contributed by atoms with Crippen molar-refractivity contribution in [3.63, 3.8) is 0 Å². The predicted molar refractivity (Wildman–Crippen MR) is 75.4 cm³/mol. The van der Waals surface area contributed by atoms with E-state index in [0.29, 0.717) is 12.4 Å². The molecule has 0 spiro atoms. The first kappa shape index (κ1) is 11.7. The van der Waals surface area contributed by atoms with Gasteiger partial charge in [-0.05, 0) is 29.7 Å². The third-order valence-corrected chi connectivity index (χ3v) is 3.26. The van der Waals surface area contributed by atoms with Crippen LogP contribution in [0.3, 0.4) is 0 Å². The number of hydrogen-bond donors (Lipinski definition) is 1.